The van der Waals surface area contributed by atoms with Crippen LogP contribution in [0.25, 0.3) is 0 Å². The van der Waals surface area contributed by atoms with E-state index in [2.05, 4.69) is 4.98 Å². The summed E-state index contributed by atoms with van der Waals surface area (Å²) in [4.78, 5) is 18.7. The Kier molecular flexibility index (Phi) is 6.17. The lowest BCUT2D eigenvalue weighted by Gasteiger charge is -2.24. The number of ether oxygens (including phenoxy) is 1. The predicted octanol–water partition coefficient (Wildman–Crippen LogP) is 3.00. The molecule has 0 spiro atoms. The van der Waals surface area contributed by atoms with E-state index in [9.17, 15) is 9.90 Å². The molecule has 0 radical (unpaired) electrons. The molecule has 2 aromatic rings. The number of benzene rings is 1. The maximum Gasteiger partial charge on any atom is 0.257 e. The van der Waals surface area contributed by atoms with Gasteiger partial charge in [0.25, 0.3) is 5.91 Å². The predicted molar refractivity (Wildman–Crippen MR) is 93.5 cm³/mol. The zero-order chi connectivity index (χ0) is 17.7. The summed E-state index contributed by atoms with van der Waals surface area (Å²) < 4.78 is 5.33. The van der Waals surface area contributed by atoms with Crippen molar-refractivity contribution >= 4 is 17.5 Å². The van der Waals surface area contributed by atoms with Gasteiger partial charge in [-0.05, 0) is 31.5 Å². The summed E-state index contributed by atoms with van der Waals surface area (Å²) in [5.74, 6) is 0.433. The van der Waals surface area contributed by atoms with Gasteiger partial charge >= 0.3 is 0 Å². The average Bonchev–Trinajstić information content (AvgIpc) is 2.53. The summed E-state index contributed by atoms with van der Waals surface area (Å²) in [5.41, 5.74) is 2.74. The summed E-state index contributed by atoms with van der Waals surface area (Å²) in [6, 6.07) is 9.29. The molecule has 1 aromatic heterocycles. The topological polar surface area (TPSA) is 62.7 Å². The Bertz CT molecular complexity index is 711. The molecule has 0 atom stereocenters. The molecule has 0 saturated carbocycles. The molecular weight excluding hydrogens is 328 g/mol. The standard InChI is InChI=1S/C18H21ClN2O3/c1-12-10-13(2)20-17(19)16(12)18(23)21(8-9-22)11-14-6-4-5-7-15(14)24-3/h4-7,10,22H,8-9,11H2,1-3H3. The number of aryl methyl sites for hydroxylation is 2. The van der Waals surface area contributed by atoms with Crippen LogP contribution in [0.5, 0.6) is 5.75 Å². The number of para-hydroxylation sites is 1. The fourth-order valence-corrected chi connectivity index (χ4v) is 2.98. The van der Waals surface area contributed by atoms with E-state index in [0.717, 1.165) is 16.8 Å². The highest BCUT2D eigenvalue weighted by molar-refractivity contribution is 6.32. The first-order valence-corrected chi connectivity index (χ1v) is 8.01. The van der Waals surface area contributed by atoms with Gasteiger partial charge in [0.2, 0.25) is 0 Å². The Morgan fingerprint density at radius 2 is 2.04 bits per heavy atom. The van der Waals surface area contributed by atoms with Gasteiger partial charge in [-0.15, -0.1) is 0 Å². The van der Waals surface area contributed by atoms with Crippen LogP contribution in [0.1, 0.15) is 27.2 Å². The second kappa shape index (κ2) is 8.13. The number of carbonyl (C=O) groups excluding carboxylic acids is 1. The van der Waals surface area contributed by atoms with Gasteiger partial charge in [0.15, 0.2) is 0 Å². The van der Waals surface area contributed by atoms with Crippen molar-refractivity contribution in [2.75, 3.05) is 20.3 Å². The Morgan fingerprint density at radius 3 is 2.67 bits per heavy atom. The van der Waals surface area contributed by atoms with E-state index in [0.29, 0.717) is 17.9 Å². The van der Waals surface area contributed by atoms with Crippen LogP contribution in [0.3, 0.4) is 0 Å². The molecule has 0 unspecified atom stereocenters. The number of nitrogens with zero attached hydrogens (tertiary/aromatic N) is 2. The summed E-state index contributed by atoms with van der Waals surface area (Å²) in [6.45, 7) is 4.02. The first-order valence-electron chi connectivity index (χ1n) is 7.63. The molecular formula is C18H21ClN2O3. The number of aliphatic hydroxyl groups is 1. The normalized spacial score (nSPS) is 10.5. The third-order valence-corrected chi connectivity index (χ3v) is 4.00. The fourth-order valence-electron chi connectivity index (χ4n) is 2.62. The Balaban J connectivity index is 2.35. The lowest BCUT2D eigenvalue weighted by molar-refractivity contribution is 0.0705. The van der Waals surface area contributed by atoms with Crippen molar-refractivity contribution in [2.45, 2.75) is 20.4 Å². The second-order valence-corrected chi connectivity index (χ2v) is 5.87. The molecule has 0 saturated heterocycles. The van der Waals surface area contributed by atoms with Gasteiger partial charge < -0.3 is 14.7 Å². The number of aliphatic hydroxyl groups excluding tert-OH is 1. The van der Waals surface area contributed by atoms with Crippen molar-refractivity contribution < 1.29 is 14.6 Å². The molecule has 0 fully saturated rings. The number of halogens is 1. The highest BCUT2D eigenvalue weighted by Gasteiger charge is 2.22. The van der Waals surface area contributed by atoms with Gasteiger partial charge in [-0.2, -0.15) is 0 Å². The third-order valence-electron chi connectivity index (χ3n) is 3.73. The van der Waals surface area contributed by atoms with Crippen molar-refractivity contribution in [3.8, 4) is 5.75 Å². The molecule has 2 rings (SSSR count). The smallest absolute Gasteiger partial charge is 0.257 e. The van der Waals surface area contributed by atoms with Crippen LogP contribution in [0.2, 0.25) is 5.15 Å². The molecule has 24 heavy (non-hydrogen) atoms. The number of pyridine rings is 1. The minimum atomic E-state index is -0.259. The molecule has 5 nitrogen and oxygen atoms in total. The molecule has 0 aliphatic heterocycles. The van der Waals surface area contributed by atoms with Gasteiger partial charge in [0, 0.05) is 24.3 Å². The fraction of sp³-hybridized carbons (Fsp3) is 0.333. The van der Waals surface area contributed by atoms with Crippen molar-refractivity contribution in [3.05, 3.63) is 57.9 Å². The number of amides is 1. The Morgan fingerprint density at radius 1 is 1.33 bits per heavy atom. The first-order chi connectivity index (χ1) is 11.5. The molecule has 6 heteroatoms. The lowest BCUT2D eigenvalue weighted by Crippen LogP contribution is -2.34. The van der Waals surface area contributed by atoms with E-state index in [1.54, 1.807) is 12.0 Å². The monoisotopic (exact) mass is 348 g/mol. The summed E-state index contributed by atoms with van der Waals surface area (Å²) in [6.07, 6.45) is 0. The van der Waals surface area contributed by atoms with E-state index in [4.69, 9.17) is 16.3 Å². The van der Waals surface area contributed by atoms with Crippen LogP contribution in [-0.2, 0) is 6.54 Å². The summed E-state index contributed by atoms with van der Waals surface area (Å²) in [7, 11) is 1.59. The van der Waals surface area contributed by atoms with Gasteiger partial charge in [-0.3, -0.25) is 4.79 Å². The zero-order valence-corrected chi connectivity index (χ0v) is 14.8. The van der Waals surface area contributed by atoms with Crippen LogP contribution in [-0.4, -0.2) is 41.2 Å². The van der Waals surface area contributed by atoms with Crippen LogP contribution in [0, 0.1) is 13.8 Å². The SMILES string of the molecule is COc1ccccc1CN(CCO)C(=O)c1c(C)cc(C)nc1Cl. The van der Waals surface area contributed by atoms with Crippen LogP contribution in [0.15, 0.2) is 30.3 Å². The molecule has 0 bridgehead atoms. The van der Waals surface area contributed by atoms with Gasteiger partial charge in [-0.25, -0.2) is 4.98 Å². The summed E-state index contributed by atoms with van der Waals surface area (Å²) >= 11 is 6.19. The first kappa shape index (κ1) is 18.2. The van der Waals surface area contributed by atoms with Crippen molar-refractivity contribution in [1.82, 2.24) is 9.88 Å². The van der Waals surface area contributed by atoms with Crippen molar-refractivity contribution in [3.63, 3.8) is 0 Å². The third kappa shape index (κ3) is 4.04. The van der Waals surface area contributed by atoms with E-state index >= 15 is 0 Å². The number of methoxy groups -OCH3 is 1. The number of rotatable bonds is 6. The van der Waals surface area contributed by atoms with E-state index in [1.807, 2.05) is 44.2 Å². The van der Waals surface area contributed by atoms with Crippen molar-refractivity contribution in [1.29, 1.82) is 0 Å². The van der Waals surface area contributed by atoms with Crippen LogP contribution >= 0.6 is 11.6 Å². The van der Waals surface area contributed by atoms with Crippen LogP contribution < -0.4 is 4.74 Å². The van der Waals surface area contributed by atoms with Gasteiger partial charge in [0.1, 0.15) is 10.9 Å². The summed E-state index contributed by atoms with van der Waals surface area (Å²) in [5, 5.41) is 9.53. The number of hydrogen-bond acceptors (Lipinski definition) is 4. The quantitative estimate of drug-likeness (QED) is 0.815. The second-order valence-electron chi connectivity index (χ2n) is 5.51. The largest absolute Gasteiger partial charge is 0.496 e. The Hall–Kier alpha value is -2.11. The van der Waals surface area contributed by atoms with E-state index < -0.39 is 0 Å². The molecule has 1 N–H and O–H groups in total. The molecule has 0 aliphatic carbocycles. The van der Waals surface area contributed by atoms with E-state index in [-0.39, 0.29) is 24.2 Å². The Labute approximate surface area is 146 Å². The minimum Gasteiger partial charge on any atom is -0.496 e. The highest BCUT2D eigenvalue weighted by atomic mass is 35.5. The highest BCUT2D eigenvalue weighted by Crippen LogP contribution is 2.24. The molecule has 1 aromatic carbocycles. The number of aromatic nitrogens is 1. The lowest BCUT2D eigenvalue weighted by atomic mass is 10.1. The average molecular weight is 349 g/mol. The maximum atomic E-state index is 12.9. The van der Waals surface area contributed by atoms with Gasteiger partial charge in [-0.1, -0.05) is 29.8 Å². The molecule has 128 valence electrons. The molecule has 0 aliphatic rings. The zero-order valence-electron chi connectivity index (χ0n) is 14.0. The number of carbonyl (C=O) groups is 1. The van der Waals surface area contributed by atoms with Gasteiger partial charge in [0.05, 0.1) is 19.3 Å². The van der Waals surface area contributed by atoms with Crippen molar-refractivity contribution in [2.24, 2.45) is 0 Å². The van der Waals surface area contributed by atoms with E-state index in [1.165, 1.54) is 0 Å². The minimum absolute atomic E-state index is 0.142. The molecule has 1 amide bonds. The number of hydrogen-bond donors (Lipinski definition) is 1. The molecule has 1 heterocycles. The van der Waals surface area contributed by atoms with Crippen LogP contribution in [0.4, 0.5) is 0 Å². The maximum absolute atomic E-state index is 12.9.